The molecule has 1 heterocycles. The van der Waals surface area contributed by atoms with Gasteiger partial charge in [-0.1, -0.05) is 0 Å². The fourth-order valence-electron chi connectivity index (χ4n) is 0.987. The fraction of sp³-hybridized carbons (Fsp3) is 0.545. The molecule has 0 aliphatic heterocycles. The smallest absolute Gasteiger partial charge is 0.133 e. The van der Waals surface area contributed by atoms with Crippen LogP contribution in [0.4, 0.5) is 0 Å². The Kier molecular flexibility index (Phi) is 3.66. The van der Waals surface area contributed by atoms with Crippen molar-refractivity contribution >= 4 is 0 Å². The summed E-state index contributed by atoms with van der Waals surface area (Å²) in [5.41, 5.74) is 0.487. The van der Waals surface area contributed by atoms with Gasteiger partial charge in [0, 0.05) is 12.1 Å². The zero-order chi connectivity index (χ0) is 11.5. The molecule has 4 heteroatoms. The van der Waals surface area contributed by atoms with Gasteiger partial charge >= 0.3 is 0 Å². The number of nitrogens with zero attached hydrogens (tertiary/aromatic N) is 1. The van der Waals surface area contributed by atoms with Crippen LogP contribution < -0.4 is 5.32 Å². The van der Waals surface area contributed by atoms with Gasteiger partial charge in [0.2, 0.25) is 0 Å². The van der Waals surface area contributed by atoms with Crippen molar-refractivity contribution in [1.29, 1.82) is 0 Å². The molecule has 0 aliphatic rings. The maximum Gasteiger partial charge on any atom is 0.133 e. The Morgan fingerprint density at radius 2 is 2.13 bits per heavy atom. The van der Waals surface area contributed by atoms with Gasteiger partial charge in [-0.3, -0.25) is 4.98 Å². The first-order valence-corrected chi connectivity index (χ1v) is 4.99. The van der Waals surface area contributed by atoms with Crippen molar-refractivity contribution in [2.45, 2.75) is 39.0 Å². The molecule has 84 valence electrons. The summed E-state index contributed by atoms with van der Waals surface area (Å²) >= 11 is 0. The Bertz CT molecular complexity index is 307. The molecule has 0 amide bonds. The monoisotopic (exact) mass is 210 g/mol. The maximum absolute atomic E-state index is 9.48. The van der Waals surface area contributed by atoms with Crippen molar-refractivity contribution in [3.05, 3.63) is 24.0 Å². The zero-order valence-electron chi connectivity index (χ0n) is 9.36. The highest BCUT2D eigenvalue weighted by molar-refractivity contribution is 5.17. The first kappa shape index (κ1) is 11.9. The third kappa shape index (κ3) is 3.49. The van der Waals surface area contributed by atoms with E-state index >= 15 is 0 Å². The molecule has 0 aromatic carbocycles. The van der Waals surface area contributed by atoms with Crippen LogP contribution in [0.3, 0.4) is 0 Å². The van der Waals surface area contributed by atoms with Crippen molar-refractivity contribution in [2.24, 2.45) is 0 Å². The molecule has 0 bridgehead atoms. The predicted octanol–water partition coefficient (Wildman–Crippen LogP) is 1.04. The Hall–Kier alpha value is -1.13. The van der Waals surface area contributed by atoms with E-state index in [1.807, 2.05) is 13.8 Å². The van der Waals surface area contributed by atoms with E-state index in [1.165, 1.54) is 6.20 Å². The van der Waals surface area contributed by atoms with E-state index in [4.69, 9.17) is 5.11 Å². The number of nitrogens with one attached hydrogen (secondary N) is 1. The molecule has 0 spiro atoms. The van der Waals surface area contributed by atoms with E-state index < -0.39 is 6.10 Å². The van der Waals surface area contributed by atoms with Gasteiger partial charge in [-0.15, -0.1) is 0 Å². The average Bonchev–Trinajstić information content (AvgIpc) is 2.17. The molecule has 0 aliphatic carbocycles. The molecule has 1 atom stereocenters. The van der Waals surface area contributed by atoms with E-state index in [2.05, 4.69) is 10.3 Å². The standard InChI is InChI=1S/C11H18N2O2/c1-8(14)11(2,3)13-6-9-4-5-10(15)7-12-9/h4-5,7-8,13-15H,6H2,1-3H3. The summed E-state index contributed by atoms with van der Waals surface area (Å²) < 4.78 is 0. The van der Waals surface area contributed by atoms with Gasteiger partial charge in [-0.25, -0.2) is 0 Å². The summed E-state index contributed by atoms with van der Waals surface area (Å²) in [6.45, 7) is 6.17. The van der Waals surface area contributed by atoms with Crippen LogP contribution in [0.1, 0.15) is 26.5 Å². The lowest BCUT2D eigenvalue weighted by Gasteiger charge is -2.29. The number of aliphatic hydroxyl groups is 1. The maximum atomic E-state index is 9.48. The molecule has 4 nitrogen and oxygen atoms in total. The highest BCUT2D eigenvalue weighted by Crippen LogP contribution is 2.10. The highest BCUT2D eigenvalue weighted by atomic mass is 16.3. The minimum Gasteiger partial charge on any atom is -0.506 e. The van der Waals surface area contributed by atoms with E-state index in [0.717, 1.165) is 5.69 Å². The Morgan fingerprint density at radius 3 is 2.60 bits per heavy atom. The third-order valence-corrected chi connectivity index (χ3v) is 2.58. The van der Waals surface area contributed by atoms with Crippen molar-refractivity contribution in [3.8, 4) is 5.75 Å². The largest absolute Gasteiger partial charge is 0.506 e. The SMILES string of the molecule is CC(O)C(C)(C)NCc1ccc(O)cn1. The van der Waals surface area contributed by atoms with Gasteiger partial charge in [0.25, 0.3) is 0 Å². The van der Waals surface area contributed by atoms with Crippen LogP contribution in [0, 0.1) is 0 Å². The quantitative estimate of drug-likeness (QED) is 0.694. The van der Waals surface area contributed by atoms with Crippen LogP contribution in [0.15, 0.2) is 18.3 Å². The Morgan fingerprint density at radius 1 is 1.47 bits per heavy atom. The molecule has 1 rings (SSSR count). The predicted molar refractivity (Wildman–Crippen MR) is 58.5 cm³/mol. The van der Waals surface area contributed by atoms with Crippen LogP contribution in [0.25, 0.3) is 0 Å². The van der Waals surface area contributed by atoms with Gasteiger partial charge in [0.1, 0.15) is 5.75 Å². The lowest BCUT2D eigenvalue weighted by atomic mass is 9.99. The van der Waals surface area contributed by atoms with Crippen LogP contribution in [0.2, 0.25) is 0 Å². The minimum absolute atomic E-state index is 0.161. The molecule has 0 saturated heterocycles. The zero-order valence-corrected chi connectivity index (χ0v) is 9.36. The topological polar surface area (TPSA) is 65.4 Å². The average molecular weight is 210 g/mol. The van der Waals surface area contributed by atoms with Gasteiger partial charge < -0.3 is 15.5 Å². The van der Waals surface area contributed by atoms with Gasteiger partial charge in [0.05, 0.1) is 18.0 Å². The van der Waals surface area contributed by atoms with Crippen molar-refractivity contribution in [1.82, 2.24) is 10.3 Å². The second-order valence-corrected chi connectivity index (χ2v) is 4.26. The summed E-state index contributed by atoms with van der Waals surface area (Å²) in [6.07, 6.45) is 0.974. The van der Waals surface area contributed by atoms with Crippen LogP contribution >= 0.6 is 0 Å². The molecule has 3 N–H and O–H groups in total. The number of hydrogen-bond acceptors (Lipinski definition) is 4. The minimum atomic E-state index is -0.436. The third-order valence-electron chi connectivity index (χ3n) is 2.58. The first-order chi connectivity index (χ1) is 6.92. The van der Waals surface area contributed by atoms with Gasteiger partial charge in [-0.05, 0) is 32.9 Å². The molecular weight excluding hydrogens is 192 g/mol. The van der Waals surface area contributed by atoms with Crippen molar-refractivity contribution < 1.29 is 10.2 Å². The second-order valence-electron chi connectivity index (χ2n) is 4.26. The van der Waals surface area contributed by atoms with Gasteiger partial charge in [-0.2, -0.15) is 0 Å². The van der Waals surface area contributed by atoms with Crippen LogP contribution in [0.5, 0.6) is 5.75 Å². The number of aliphatic hydroxyl groups excluding tert-OH is 1. The van der Waals surface area contributed by atoms with Crippen molar-refractivity contribution in [2.75, 3.05) is 0 Å². The molecule has 1 unspecified atom stereocenters. The Labute approximate surface area is 90.0 Å². The molecular formula is C11H18N2O2. The lowest BCUT2D eigenvalue weighted by molar-refractivity contribution is 0.0954. The first-order valence-electron chi connectivity index (χ1n) is 4.99. The van der Waals surface area contributed by atoms with E-state index in [0.29, 0.717) is 6.54 Å². The van der Waals surface area contributed by atoms with Crippen molar-refractivity contribution in [3.63, 3.8) is 0 Å². The molecule has 0 saturated carbocycles. The lowest BCUT2D eigenvalue weighted by Crippen LogP contribution is -2.47. The second kappa shape index (κ2) is 4.59. The summed E-state index contributed by atoms with van der Waals surface area (Å²) in [6, 6.07) is 3.35. The number of aromatic nitrogens is 1. The van der Waals surface area contributed by atoms with E-state index in [1.54, 1.807) is 19.1 Å². The Balaban J connectivity index is 2.54. The molecule has 1 aromatic heterocycles. The molecule has 0 fully saturated rings. The van der Waals surface area contributed by atoms with E-state index in [-0.39, 0.29) is 11.3 Å². The summed E-state index contributed by atoms with van der Waals surface area (Å²) in [4.78, 5) is 4.05. The molecule has 15 heavy (non-hydrogen) atoms. The molecule has 1 aromatic rings. The van der Waals surface area contributed by atoms with Crippen LogP contribution in [-0.4, -0.2) is 26.8 Å². The fourth-order valence-corrected chi connectivity index (χ4v) is 0.987. The van der Waals surface area contributed by atoms with Crippen LogP contribution in [-0.2, 0) is 6.54 Å². The van der Waals surface area contributed by atoms with E-state index in [9.17, 15) is 5.11 Å². The number of pyridine rings is 1. The van der Waals surface area contributed by atoms with Gasteiger partial charge in [0.15, 0.2) is 0 Å². The number of aromatic hydroxyl groups is 1. The summed E-state index contributed by atoms with van der Waals surface area (Å²) in [5, 5.41) is 21.7. The number of hydrogen-bond donors (Lipinski definition) is 3. The summed E-state index contributed by atoms with van der Waals surface area (Å²) in [7, 11) is 0. The molecule has 0 radical (unpaired) electrons. The number of rotatable bonds is 4. The summed E-state index contributed by atoms with van der Waals surface area (Å²) in [5.74, 6) is 0.161. The highest BCUT2D eigenvalue weighted by Gasteiger charge is 2.22. The normalized spacial score (nSPS) is 13.9.